The Kier molecular flexibility index (Phi) is 6.77. The SMILES string of the molecule is C[C@H]1CCc2c(ccc3c2nc(CCn2ccccc2=O)n3CC(=O)NC2CCOCC2)N1C(=O)O. The Hall–Kier alpha value is -3.66. The van der Waals surface area contributed by atoms with E-state index in [1.54, 1.807) is 16.8 Å². The Bertz CT molecular complexity index is 1340. The molecule has 1 aromatic carbocycles. The maximum absolute atomic E-state index is 13.0. The molecule has 3 aromatic rings. The second kappa shape index (κ2) is 10.1. The van der Waals surface area contributed by atoms with E-state index in [4.69, 9.17) is 9.72 Å². The lowest BCUT2D eigenvalue weighted by atomic mass is 9.96. The number of fused-ring (bicyclic) bond motifs is 3. The minimum Gasteiger partial charge on any atom is -0.465 e. The zero-order valence-electron chi connectivity index (χ0n) is 20.4. The molecule has 0 radical (unpaired) electrons. The van der Waals surface area contributed by atoms with Gasteiger partial charge >= 0.3 is 6.09 Å². The standard InChI is InChI=1S/C26H31N5O5/c1-17-5-6-19-20(31(17)26(34)35)7-8-21-25(19)28-22(9-13-29-12-3-2-4-24(29)33)30(21)16-23(32)27-18-10-14-36-15-11-18/h2-4,7-8,12,17-18H,5-6,9-11,13-16H2,1H3,(H,27,32)(H,34,35)/t17-/m0/s1. The first-order valence-corrected chi connectivity index (χ1v) is 12.5. The molecule has 0 unspecified atom stereocenters. The van der Waals surface area contributed by atoms with E-state index in [9.17, 15) is 19.5 Å². The number of anilines is 1. The molecule has 0 saturated carbocycles. The topological polar surface area (TPSA) is 119 Å². The van der Waals surface area contributed by atoms with Crippen molar-refractivity contribution in [2.45, 2.75) is 64.2 Å². The molecule has 2 amide bonds. The van der Waals surface area contributed by atoms with Gasteiger partial charge in [-0.3, -0.25) is 14.5 Å². The van der Waals surface area contributed by atoms with Gasteiger partial charge in [-0.15, -0.1) is 0 Å². The number of nitrogens with zero attached hydrogens (tertiary/aromatic N) is 4. The second-order valence-electron chi connectivity index (χ2n) is 9.52. The number of nitrogens with one attached hydrogen (secondary N) is 1. The van der Waals surface area contributed by atoms with Gasteiger partial charge in [0, 0.05) is 56.1 Å². The summed E-state index contributed by atoms with van der Waals surface area (Å²) in [6.45, 7) is 3.71. The number of carbonyl (C=O) groups excluding carboxylic acids is 1. The molecule has 10 heteroatoms. The Morgan fingerprint density at radius 3 is 2.72 bits per heavy atom. The molecule has 0 spiro atoms. The molecule has 1 fully saturated rings. The Morgan fingerprint density at radius 1 is 1.17 bits per heavy atom. The zero-order chi connectivity index (χ0) is 25.2. The third-order valence-electron chi connectivity index (χ3n) is 7.16. The third-order valence-corrected chi connectivity index (χ3v) is 7.16. The molecule has 1 saturated heterocycles. The highest BCUT2D eigenvalue weighted by atomic mass is 16.5. The van der Waals surface area contributed by atoms with E-state index in [2.05, 4.69) is 5.32 Å². The summed E-state index contributed by atoms with van der Waals surface area (Å²) in [6, 6.07) is 8.67. The molecular weight excluding hydrogens is 462 g/mol. The fourth-order valence-electron chi connectivity index (χ4n) is 5.26. The predicted molar refractivity (Wildman–Crippen MR) is 134 cm³/mol. The van der Waals surface area contributed by atoms with Crippen LogP contribution < -0.4 is 15.8 Å². The maximum atomic E-state index is 13.0. The number of carbonyl (C=O) groups is 2. The summed E-state index contributed by atoms with van der Waals surface area (Å²) in [6.07, 6.45) is 4.19. The number of aryl methyl sites for hydroxylation is 3. The molecule has 190 valence electrons. The van der Waals surface area contributed by atoms with Crippen LogP contribution in [0.4, 0.5) is 10.5 Å². The smallest absolute Gasteiger partial charge is 0.412 e. The van der Waals surface area contributed by atoms with E-state index in [0.29, 0.717) is 50.5 Å². The molecule has 5 rings (SSSR count). The Morgan fingerprint density at radius 2 is 1.97 bits per heavy atom. The lowest BCUT2D eigenvalue weighted by molar-refractivity contribution is -0.122. The van der Waals surface area contributed by atoms with Crippen LogP contribution in [-0.2, 0) is 35.5 Å². The first-order valence-electron chi connectivity index (χ1n) is 12.5. The van der Waals surface area contributed by atoms with Crippen molar-refractivity contribution in [1.29, 1.82) is 0 Å². The van der Waals surface area contributed by atoms with Crippen LogP contribution in [0.15, 0.2) is 41.3 Å². The predicted octanol–water partition coefficient (Wildman–Crippen LogP) is 2.55. The van der Waals surface area contributed by atoms with E-state index in [-0.39, 0.29) is 30.1 Å². The first kappa shape index (κ1) is 24.1. The number of pyridine rings is 1. The van der Waals surface area contributed by atoms with E-state index in [1.807, 2.05) is 29.7 Å². The van der Waals surface area contributed by atoms with Gasteiger partial charge in [-0.2, -0.15) is 0 Å². The highest BCUT2D eigenvalue weighted by molar-refractivity contribution is 5.95. The van der Waals surface area contributed by atoms with Crippen molar-refractivity contribution >= 4 is 28.7 Å². The van der Waals surface area contributed by atoms with Gasteiger partial charge < -0.3 is 24.3 Å². The van der Waals surface area contributed by atoms with Gasteiger partial charge in [0.1, 0.15) is 12.4 Å². The number of hydrogen-bond donors (Lipinski definition) is 2. The number of carboxylic acid groups (broad SMARTS) is 1. The lowest BCUT2D eigenvalue weighted by Gasteiger charge is -2.33. The van der Waals surface area contributed by atoms with Crippen molar-refractivity contribution in [3.63, 3.8) is 0 Å². The minimum atomic E-state index is -0.984. The third kappa shape index (κ3) is 4.73. The number of hydrogen-bond acceptors (Lipinski definition) is 5. The van der Waals surface area contributed by atoms with Crippen molar-refractivity contribution < 1.29 is 19.4 Å². The van der Waals surface area contributed by atoms with Crippen LogP contribution in [0, 0.1) is 0 Å². The van der Waals surface area contributed by atoms with Crippen LogP contribution in [-0.4, -0.2) is 56.5 Å². The van der Waals surface area contributed by atoms with Gasteiger partial charge in [0.25, 0.3) is 5.56 Å². The molecule has 0 aliphatic carbocycles. The molecular formula is C26H31N5O5. The minimum absolute atomic E-state index is 0.0887. The van der Waals surface area contributed by atoms with Gasteiger partial charge in [0.15, 0.2) is 0 Å². The molecule has 4 heterocycles. The molecule has 2 aliphatic heterocycles. The summed E-state index contributed by atoms with van der Waals surface area (Å²) >= 11 is 0. The average molecular weight is 494 g/mol. The summed E-state index contributed by atoms with van der Waals surface area (Å²) in [7, 11) is 0. The molecule has 0 bridgehead atoms. The monoisotopic (exact) mass is 493 g/mol. The highest BCUT2D eigenvalue weighted by Gasteiger charge is 2.31. The van der Waals surface area contributed by atoms with Crippen molar-refractivity contribution in [3.05, 3.63) is 58.3 Å². The molecule has 2 aliphatic rings. The van der Waals surface area contributed by atoms with E-state index in [1.165, 1.54) is 11.0 Å². The quantitative estimate of drug-likeness (QED) is 0.545. The van der Waals surface area contributed by atoms with Gasteiger partial charge in [0.2, 0.25) is 5.91 Å². The maximum Gasteiger partial charge on any atom is 0.412 e. The van der Waals surface area contributed by atoms with Gasteiger partial charge in [0.05, 0.1) is 16.7 Å². The fourth-order valence-corrected chi connectivity index (χ4v) is 5.26. The number of benzene rings is 1. The van der Waals surface area contributed by atoms with E-state index in [0.717, 1.165) is 29.4 Å². The fraction of sp³-hybridized carbons (Fsp3) is 0.462. The summed E-state index contributed by atoms with van der Waals surface area (Å²) in [5, 5.41) is 12.9. The Labute approximate surface area is 208 Å². The second-order valence-corrected chi connectivity index (χ2v) is 9.52. The molecule has 2 N–H and O–H groups in total. The van der Waals surface area contributed by atoms with Crippen LogP contribution in [0.2, 0.25) is 0 Å². The van der Waals surface area contributed by atoms with Crippen LogP contribution in [0.5, 0.6) is 0 Å². The number of rotatable bonds is 6. The van der Waals surface area contributed by atoms with Crippen LogP contribution in [0.3, 0.4) is 0 Å². The Balaban J connectivity index is 1.51. The van der Waals surface area contributed by atoms with E-state index < -0.39 is 6.09 Å². The molecule has 1 atom stereocenters. The lowest BCUT2D eigenvalue weighted by Crippen LogP contribution is -2.41. The molecule has 10 nitrogen and oxygen atoms in total. The molecule has 2 aromatic heterocycles. The van der Waals surface area contributed by atoms with E-state index >= 15 is 0 Å². The number of ether oxygens (including phenoxy) is 1. The number of imidazole rings is 1. The molecule has 36 heavy (non-hydrogen) atoms. The largest absolute Gasteiger partial charge is 0.465 e. The van der Waals surface area contributed by atoms with Crippen LogP contribution in [0.1, 0.15) is 37.6 Å². The van der Waals surface area contributed by atoms with Crippen LogP contribution >= 0.6 is 0 Å². The number of amides is 2. The number of aromatic nitrogens is 3. The first-order chi connectivity index (χ1) is 17.4. The summed E-state index contributed by atoms with van der Waals surface area (Å²) in [5.41, 5.74) is 2.96. The van der Waals surface area contributed by atoms with Gasteiger partial charge in [-0.1, -0.05) is 6.07 Å². The van der Waals surface area contributed by atoms with Gasteiger partial charge in [-0.05, 0) is 50.8 Å². The van der Waals surface area contributed by atoms with Crippen molar-refractivity contribution in [3.8, 4) is 0 Å². The summed E-state index contributed by atoms with van der Waals surface area (Å²) in [4.78, 5) is 43.5. The summed E-state index contributed by atoms with van der Waals surface area (Å²) < 4.78 is 8.92. The van der Waals surface area contributed by atoms with Gasteiger partial charge in [-0.25, -0.2) is 9.78 Å². The van der Waals surface area contributed by atoms with Crippen molar-refractivity contribution in [1.82, 2.24) is 19.4 Å². The normalized spacial score (nSPS) is 18.2. The average Bonchev–Trinajstić information content (AvgIpc) is 3.21. The van der Waals surface area contributed by atoms with Crippen LogP contribution in [0.25, 0.3) is 11.0 Å². The van der Waals surface area contributed by atoms with Crippen molar-refractivity contribution in [2.24, 2.45) is 0 Å². The summed E-state index contributed by atoms with van der Waals surface area (Å²) in [5.74, 6) is 0.592. The van der Waals surface area contributed by atoms with Crippen molar-refractivity contribution in [2.75, 3.05) is 18.1 Å². The zero-order valence-corrected chi connectivity index (χ0v) is 20.4. The highest BCUT2D eigenvalue weighted by Crippen LogP contribution is 2.36.